The van der Waals surface area contributed by atoms with E-state index in [1.54, 1.807) is 0 Å². The molecule has 1 nitrogen and oxygen atoms in total. The number of halogens is 1. The van der Waals surface area contributed by atoms with Crippen molar-refractivity contribution < 1.29 is 4.39 Å². The van der Waals surface area contributed by atoms with E-state index in [2.05, 4.69) is 103 Å². The maximum absolute atomic E-state index is 13.4. The summed E-state index contributed by atoms with van der Waals surface area (Å²) in [6, 6.07) is 32.1. The average molecular weight is 572 g/mol. The molecule has 0 aliphatic heterocycles. The fourth-order valence-electron chi connectivity index (χ4n) is 6.08. The monoisotopic (exact) mass is 571 g/mol. The Labute approximate surface area is 259 Å². The number of hydrogen-bond acceptors (Lipinski definition) is 1. The normalized spacial score (nSPS) is 13.3. The lowest BCUT2D eigenvalue weighted by atomic mass is 9.82. The zero-order chi connectivity index (χ0) is 30.5. The van der Waals surface area contributed by atoms with Crippen molar-refractivity contribution in [1.29, 1.82) is 0 Å². The molecule has 4 aromatic carbocycles. The molecule has 214 valence electrons. The lowest BCUT2D eigenvalue weighted by molar-refractivity contribution is 0.626. The van der Waals surface area contributed by atoms with Crippen LogP contribution < -0.4 is 0 Å². The first-order valence-corrected chi connectivity index (χ1v) is 14.9. The second-order valence-corrected chi connectivity index (χ2v) is 11.4. The van der Waals surface area contributed by atoms with E-state index < -0.39 is 0 Å². The van der Waals surface area contributed by atoms with Gasteiger partial charge in [0, 0.05) is 30.0 Å². The second-order valence-electron chi connectivity index (χ2n) is 11.4. The van der Waals surface area contributed by atoms with E-state index in [-0.39, 0.29) is 11.2 Å². The standard InChI is InChI=1S/C42H34FN/c1-4-33-28-35-11-9-10-34(39(35)29-40(33)41-12-7-8-25-44-41)20-17-30-13-15-31(16-14-30)26-36(5-2)42(23-24-42)37(6-3)27-32-18-21-38(43)22-19-32/h4,7-22,25,28-29H,1-3,23-24,26-27H2/b20-17-. The maximum Gasteiger partial charge on any atom is 0.123 e. The minimum atomic E-state index is -0.224. The number of pyridine rings is 1. The Morgan fingerprint density at radius 2 is 1.45 bits per heavy atom. The van der Waals surface area contributed by atoms with Crippen LogP contribution in [-0.2, 0) is 12.8 Å². The van der Waals surface area contributed by atoms with Crippen molar-refractivity contribution in [2.75, 3.05) is 0 Å². The smallest absolute Gasteiger partial charge is 0.123 e. The first kappa shape index (κ1) is 28.8. The fourth-order valence-corrected chi connectivity index (χ4v) is 6.08. The summed E-state index contributed by atoms with van der Waals surface area (Å²) in [6.07, 6.45) is 11.6. The molecule has 0 N–H and O–H groups in total. The largest absolute Gasteiger partial charge is 0.256 e. The minimum Gasteiger partial charge on any atom is -0.256 e. The highest BCUT2D eigenvalue weighted by atomic mass is 19.1. The molecule has 1 saturated carbocycles. The zero-order valence-corrected chi connectivity index (χ0v) is 24.8. The van der Waals surface area contributed by atoms with Crippen LogP contribution in [0.4, 0.5) is 4.39 Å². The molecule has 0 amide bonds. The van der Waals surface area contributed by atoms with E-state index in [1.807, 2.05) is 42.6 Å². The van der Waals surface area contributed by atoms with Crippen molar-refractivity contribution in [2.45, 2.75) is 25.7 Å². The van der Waals surface area contributed by atoms with Crippen LogP contribution in [0, 0.1) is 11.2 Å². The summed E-state index contributed by atoms with van der Waals surface area (Å²) in [5.74, 6) is -0.224. The number of rotatable bonds is 10. The van der Waals surface area contributed by atoms with Gasteiger partial charge in [0.1, 0.15) is 5.82 Å². The van der Waals surface area contributed by atoms with Crippen LogP contribution in [0.3, 0.4) is 0 Å². The molecule has 0 saturated heterocycles. The summed E-state index contributed by atoms with van der Waals surface area (Å²) < 4.78 is 13.4. The first-order valence-electron chi connectivity index (χ1n) is 14.9. The lowest BCUT2D eigenvalue weighted by Gasteiger charge is -2.21. The summed E-state index contributed by atoms with van der Waals surface area (Å²) in [5, 5.41) is 2.34. The molecule has 0 spiro atoms. The Morgan fingerprint density at radius 1 is 0.773 bits per heavy atom. The molecular formula is C42H34FN. The highest BCUT2D eigenvalue weighted by Crippen LogP contribution is 2.58. The third-order valence-electron chi connectivity index (χ3n) is 8.69. The lowest BCUT2D eigenvalue weighted by Crippen LogP contribution is -2.12. The Balaban J connectivity index is 1.21. The van der Waals surface area contributed by atoms with E-state index >= 15 is 0 Å². The van der Waals surface area contributed by atoms with E-state index in [4.69, 9.17) is 0 Å². The van der Waals surface area contributed by atoms with E-state index in [0.29, 0.717) is 6.42 Å². The molecule has 5 aromatic rings. The number of benzene rings is 4. The molecule has 1 aliphatic rings. The van der Waals surface area contributed by atoms with Gasteiger partial charge in [0.15, 0.2) is 0 Å². The topological polar surface area (TPSA) is 12.9 Å². The Bertz CT molecular complexity index is 1960. The third kappa shape index (κ3) is 5.96. The van der Waals surface area contributed by atoms with Gasteiger partial charge in [-0.2, -0.15) is 0 Å². The summed E-state index contributed by atoms with van der Waals surface area (Å²) >= 11 is 0. The quantitative estimate of drug-likeness (QED) is 0.120. The Hall–Kier alpha value is -5.26. The van der Waals surface area contributed by atoms with E-state index in [9.17, 15) is 4.39 Å². The molecule has 0 atom stereocenters. The Morgan fingerprint density at radius 3 is 2.05 bits per heavy atom. The molecule has 0 bridgehead atoms. The minimum absolute atomic E-state index is 0.107. The predicted octanol–water partition coefficient (Wildman–Crippen LogP) is 10.8. The fraction of sp³-hybridized carbons (Fsp3) is 0.119. The number of nitrogens with zero attached hydrogens (tertiary/aromatic N) is 1. The Kier molecular flexibility index (Phi) is 8.22. The maximum atomic E-state index is 13.4. The SMILES string of the molecule is C=C=C(Cc1ccc(F)cc1)C1(C(=C=C)Cc2ccc(/C=C\c3cccc4cc(C=C)c(-c5ccccn5)cc34)cc2)CC1. The molecular weight excluding hydrogens is 537 g/mol. The second kappa shape index (κ2) is 12.5. The van der Waals surface area contributed by atoms with Crippen molar-refractivity contribution in [3.8, 4) is 11.3 Å². The van der Waals surface area contributed by atoms with Gasteiger partial charge in [-0.05, 0) is 99.0 Å². The van der Waals surface area contributed by atoms with Crippen LogP contribution in [-0.4, -0.2) is 4.98 Å². The van der Waals surface area contributed by atoms with E-state index in [1.165, 1.54) is 34.0 Å². The van der Waals surface area contributed by atoms with Crippen molar-refractivity contribution >= 4 is 29.0 Å². The summed E-state index contributed by atoms with van der Waals surface area (Å²) in [6.45, 7) is 12.1. The van der Waals surface area contributed by atoms with Gasteiger partial charge < -0.3 is 0 Å². The van der Waals surface area contributed by atoms with Gasteiger partial charge >= 0.3 is 0 Å². The molecule has 2 heteroatoms. The number of allylic oxidation sites excluding steroid dienone is 2. The molecule has 1 aliphatic carbocycles. The molecule has 44 heavy (non-hydrogen) atoms. The van der Waals surface area contributed by atoms with Crippen LogP contribution in [0.15, 0.2) is 146 Å². The van der Waals surface area contributed by atoms with Crippen LogP contribution in [0.5, 0.6) is 0 Å². The van der Waals surface area contributed by atoms with Gasteiger partial charge in [-0.15, -0.1) is 11.5 Å². The van der Waals surface area contributed by atoms with E-state index in [0.717, 1.165) is 58.3 Å². The zero-order valence-electron chi connectivity index (χ0n) is 24.8. The highest BCUT2D eigenvalue weighted by molar-refractivity contribution is 5.97. The van der Waals surface area contributed by atoms with Gasteiger partial charge in [0.2, 0.25) is 0 Å². The molecule has 1 aromatic heterocycles. The third-order valence-corrected chi connectivity index (χ3v) is 8.69. The number of aromatic nitrogens is 1. The van der Waals surface area contributed by atoms with Crippen molar-refractivity contribution in [3.05, 3.63) is 179 Å². The molecule has 1 fully saturated rings. The van der Waals surface area contributed by atoms with Gasteiger partial charge in [-0.3, -0.25) is 4.98 Å². The van der Waals surface area contributed by atoms with Crippen molar-refractivity contribution in [2.24, 2.45) is 5.41 Å². The van der Waals surface area contributed by atoms with Gasteiger partial charge in [-0.1, -0.05) is 98.6 Å². The first-order chi connectivity index (χ1) is 21.5. The van der Waals surface area contributed by atoms with Crippen LogP contribution in [0.25, 0.3) is 40.3 Å². The van der Waals surface area contributed by atoms with Gasteiger partial charge in [-0.25, -0.2) is 4.39 Å². The molecule has 0 unspecified atom stereocenters. The van der Waals surface area contributed by atoms with Crippen molar-refractivity contribution in [1.82, 2.24) is 4.98 Å². The van der Waals surface area contributed by atoms with Gasteiger partial charge in [0.25, 0.3) is 0 Å². The van der Waals surface area contributed by atoms with Gasteiger partial charge in [0.05, 0.1) is 5.69 Å². The summed E-state index contributed by atoms with van der Waals surface area (Å²) in [5.41, 5.74) is 16.3. The van der Waals surface area contributed by atoms with Crippen LogP contribution >= 0.6 is 0 Å². The highest BCUT2D eigenvalue weighted by Gasteiger charge is 2.48. The average Bonchev–Trinajstić information content (AvgIpc) is 3.88. The summed E-state index contributed by atoms with van der Waals surface area (Å²) in [7, 11) is 0. The molecule has 1 heterocycles. The number of fused-ring (bicyclic) bond motifs is 1. The molecule has 0 radical (unpaired) electrons. The van der Waals surface area contributed by atoms with Crippen molar-refractivity contribution in [3.63, 3.8) is 0 Å². The summed E-state index contributed by atoms with van der Waals surface area (Å²) in [4.78, 5) is 4.58. The number of hydrogen-bond donors (Lipinski definition) is 0. The van der Waals surface area contributed by atoms with Crippen LogP contribution in [0.2, 0.25) is 0 Å². The molecule has 6 rings (SSSR count). The van der Waals surface area contributed by atoms with Crippen LogP contribution in [0.1, 0.15) is 40.7 Å². The predicted molar refractivity (Wildman–Crippen MR) is 183 cm³/mol.